The van der Waals surface area contributed by atoms with E-state index in [1.165, 1.54) is 0 Å². The van der Waals surface area contributed by atoms with Gasteiger partial charge in [-0.1, -0.05) is 13.8 Å². The van der Waals surface area contributed by atoms with Crippen molar-refractivity contribution in [3.8, 4) is 0 Å². The van der Waals surface area contributed by atoms with E-state index >= 15 is 0 Å². The van der Waals surface area contributed by atoms with Crippen molar-refractivity contribution in [2.75, 3.05) is 6.61 Å². The van der Waals surface area contributed by atoms with Gasteiger partial charge in [-0.15, -0.1) is 0 Å². The predicted molar refractivity (Wildman–Crippen MR) is 82.2 cm³/mol. The maximum atomic E-state index is 12.6. The van der Waals surface area contributed by atoms with Crippen LogP contribution in [0.3, 0.4) is 0 Å². The first kappa shape index (κ1) is 19.8. The second-order valence-electron chi connectivity index (χ2n) is 6.70. The molecule has 0 bridgehead atoms. The molecule has 0 radical (unpaired) electrons. The number of esters is 2. The summed E-state index contributed by atoms with van der Waals surface area (Å²) in [4.78, 5) is 23.5. The second kappa shape index (κ2) is 8.60. The lowest BCUT2D eigenvalue weighted by Crippen LogP contribution is -2.34. The van der Waals surface area contributed by atoms with E-state index in [0.29, 0.717) is 19.8 Å². The molecular weight excluding hydrogens is 306 g/mol. The number of ether oxygens (including phenoxy) is 2. The first-order valence-electron chi connectivity index (χ1n) is 8.44. The van der Waals surface area contributed by atoms with E-state index in [2.05, 4.69) is 4.74 Å². The molecule has 1 saturated carbocycles. The SMILES string of the molecule is CCC(C)C(=O)OC1(CCCC(=O)OCC(C)(F)F)CCCC1. The topological polar surface area (TPSA) is 52.6 Å². The van der Waals surface area contributed by atoms with Crippen molar-refractivity contribution in [3.05, 3.63) is 0 Å². The molecule has 1 fully saturated rings. The van der Waals surface area contributed by atoms with Crippen LogP contribution < -0.4 is 0 Å². The van der Waals surface area contributed by atoms with Crippen LogP contribution in [0.4, 0.5) is 8.78 Å². The zero-order chi connectivity index (χ0) is 17.5. The first-order valence-corrected chi connectivity index (χ1v) is 8.44. The van der Waals surface area contributed by atoms with E-state index in [1.807, 2.05) is 13.8 Å². The highest BCUT2D eigenvalue weighted by molar-refractivity contribution is 5.72. The zero-order valence-electron chi connectivity index (χ0n) is 14.3. The molecule has 1 atom stereocenters. The minimum absolute atomic E-state index is 0.0682. The number of hydrogen-bond acceptors (Lipinski definition) is 4. The van der Waals surface area contributed by atoms with Gasteiger partial charge in [-0.05, 0) is 44.9 Å². The molecule has 1 aliphatic carbocycles. The molecule has 4 nitrogen and oxygen atoms in total. The quantitative estimate of drug-likeness (QED) is 0.591. The Kier molecular flexibility index (Phi) is 7.42. The Hall–Kier alpha value is -1.20. The van der Waals surface area contributed by atoms with Gasteiger partial charge in [-0.2, -0.15) is 0 Å². The van der Waals surface area contributed by atoms with Crippen LogP contribution in [0.15, 0.2) is 0 Å². The summed E-state index contributed by atoms with van der Waals surface area (Å²) in [6, 6.07) is 0. The van der Waals surface area contributed by atoms with Crippen LogP contribution in [0, 0.1) is 5.92 Å². The molecule has 0 N–H and O–H groups in total. The van der Waals surface area contributed by atoms with Crippen LogP contribution in [0.1, 0.15) is 72.1 Å². The summed E-state index contributed by atoms with van der Waals surface area (Å²) >= 11 is 0. The number of carbonyl (C=O) groups is 2. The fourth-order valence-electron chi connectivity index (χ4n) is 2.74. The Balaban J connectivity index is 2.42. The molecule has 0 spiro atoms. The Bertz CT molecular complexity index is 398. The molecule has 0 aromatic rings. The van der Waals surface area contributed by atoms with Crippen LogP contribution in [-0.4, -0.2) is 30.1 Å². The van der Waals surface area contributed by atoms with Gasteiger partial charge in [0.2, 0.25) is 0 Å². The maximum absolute atomic E-state index is 12.6. The highest BCUT2D eigenvalue weighted by Crippen LogP contribution is 2.38. The summed E-state index contributed by atoms with van der Waals surface area (Å²) in [5.41, 5.74) is -0.491. The number of carbonyl (C=O) groups excluding carboxylic acids is 2. The highest BCUT2D eigenvalue weighted by atomic mass is 19.3. The average Bonchev–Trinajstić information content (AvgIpc) is 2.92. The van der Waals surface area contributed by atoms with Crippen LogP contribution in [0.2, 0.25) is 0 Å². The van der Waals surface area contributed by atoms with E-state index in [0.717, 1.165) is 32.1 Å². The Labute approximate surface area is 136 Å². The zero-order valence-corrected chi connectivity index (χ0v) is 14.3. The van der Waals surface area contributed by atoms with E-state index in [-0.39, 0.29) is 18.3 Å². The molecule has 0 aromatic heterocycles. The minimum Gasteiger partial charge on any atom is -0.459 e. The number of alkyl halides is 2. The van der Waals surface area contributed by atoms with Gasteiger partial charge in [0, 0.05) is 13.3 Å². The van der Waals surface area contributed by atoms with Gasteiger partial charge in [0.1, 0.15) is 5.60 Å². The van der Waals surface area contributed by atoms with Gasteiger partial charge in [0.15, 0.2) is 6.61 Å². The summed E-state index contributed by atoms with van der Waals surface area (Å²) in [7, 11) is 0. The van der Waals surface area contributed by atoms with Gasteiger partial charge < -0.3 is 9.47 Å². The van der Waals surface area contributed by atoms with Crippen molar-refractivity contribution >= 4 is 11.9 Å². The Morgan fingerprint density at radius 1 is 1.26 bits per heavy atom. The lowest BCUT2D eigenvalue weighted by Gasteiger charge is -2.30. The summed E-state index contributed by atoms with van der Waals surface area (Å²) in [5, 5.41) is 0. The summed E-state index contributed by atoms with van der Waals surface area (Å²) in [5.74, 6) is -3.96. The molecule has 23 heavy (non-hydrogen) atoms. The van der Waals surface area contributed by atoms with E-state index in [9.17, 15) is 18.4 Å². The van der Waals surface area contributed by atoms with Gasteiger partial charge in [-0.3, -0.25) is 9.59 Å². The van der Waals surface area contributed by atoms with Crippen molar-refractivity contribution in [2.45, 2.75) is 83.7 Å². The molecule has 1 unspecified atom stereocenters. The van der Waals surface area contributed by atoms with Crippen molar-refractivity contribution in [1.82, 2.24) is 0 Å². The molecule has 6 heteroatoms. The van der Waals surface area contributed by atoms with E-state index < -0.39 is 24.1 Å². The molecule has 0 aromatic carbocycles. The molecule has 1 aliphatic rings. The van der Waals surface area contributed by atoms with Crippen LogP contribution >= 0.6 is 0 Å². The summed E-state index contributed by atoms with van der Waals surface area (Å²) in [6.45, 7) is 3.60. The lowest BCUT2D eigenvalue weighted by molar-refractivity contribution is -0.165. The molecule has 0 saturated heterocycles. The summed E-state index contributed by atoms with van der Waals surface area (Å²) < 4.78 is 35.5. The van der Waals surface area contributed by atoms with E-state index in [4.69, 9.17) is 4.74 Å². The first-order chi connectivity index (χ1) is 10.7. The molecule has 134 valence electrons. The number of hydrogen-bond donors (Lipinski definition) is 0. The fraction of sp³-hybridized carbons (Fsp3) is 0.882. The minimum atomic E-state index is -3.01. The Morgan fingerprint density at radius 3 is 2.39 bits per heavy atom. The molecule has 0 heterocycles. The highest BCUT2D eigenvalue weighted by Gasteiger charge is 2.38. The fourth-order valence-corrected chi connectivity index (χ4v) is 2.74. The van der Waals surface area contributed by atoms with Crippen molar-refractivity contribution in [3.63, 3.8) is 0 Å². The monoisotopic (exact) mass is 334 g/mol. The Morgan fingerprint density at radius 2 is 1.87 bits per heavy atom. The number of halogens is 2. The van der Waals surface area contributed by atoms with Crippen LogP contribution in [0.5, 0.6) is 0 Å². The molecule has 0 aliphatic heterocycles. The van der Waals surface area contributed by atoms with Gasteiger partial charge in [0.25, 0.3) is 5.92 Å². The smallest absolute Gasteiger partial charge is 0.309 e. The van der Waals surface area contributed by atoms with Crippen molar-refractivity contribution in [2.24, 2.45) is 5.92 Å². The maximum Gasteiger partial charge on any atom is 0.309 e. The third-order valence-corrected chi connectivity index (χ3v) is 4.35. The van der Waals surface area contributed by atoms with Crippen molar-refractivity contribution in [1.29, 1.82) is 0 Å². The van der Waals surface area contributed by atoms with Gasteiger partial charge in [0.05, 0.1) is 5.92 Å². The normalized spacial score (nSPS) is 18.5. The standard InChI is InChI=1S/C17H28F2O4/c1-4-13(2)15(21)23-17(9-5-6-10-17)11-7-8-14(20)22-12-16(3,18)19/h13H,4-12H2,1-3H3. The van der Waals surface area contributed by atoms with Crippen LogP contribution in [-0.2, 0) is 19.1 Å². The average molecular weight is 334 g/mol. The molecular formula is C17H28F2O4. The third-order valence-electron chi connectivity index (χ3n) is 4.35. The molecule has 1 rings (SSSR count). The second-order valence-corrected chi connectivity index (χ2v) is 6.70. The third kappa shape index (κ3) is 7.27. The number of rotatable bonds is 9. The predicted octanol–water partition coefficient (Wildman–Crippen LogP) is 4.26. The van der Waals surface area contributed by atoms with Crippen LogP contribution in [0.25, 0.3) is 0 Å². The van der Waals surface area contributed by atoms with E-state index in [1.54, 1.807) is 0 Å². The lowest BCUT2D eigenvalue weighted by atomic mass is 9.94. The van der Waals surface area contributed by atoms with Gasteiger partial charge >= 0.3 is 11.9 Å². The largest absolute Gasteiger partial charge is 0.459 e. The summed E-state index contributed by atoms with van der Waals surface area (Å²) in [6.07, 6.45) is 5.45. The van der Waals surface area contributed by atoms with Crippen molar-refractivity contribution < 1.29 is 27.8 Å². The molecule has 0 amide bonds. The van der Waals surface area contributed by atoms with Gasteiger partial charge in [-0.25, -0.2) is 8.78 Å².